The first kappa shape index (κ1) is 11.0. The quantitative estimate of drug-likeness (QED) is 0.405. The summed E-state index contributed by atoms with van der Waals surface area (Å²) in [6.45, 7) is 10.1. The molecule has 0 fully saturated rings. The summed E-state index contributed by atoms with van der Waals surface area (Å²) in [6.07, 6.45) is 1.93. The fraction of sp³-hybridized carbons (Fsp3) is 0.556. The molecule has 0 unspecified atom stereocenters. The van der Waals surface area contributed by atoms with Crippen molar-refractivity contribution in [3.63, 3.8) is 0 Å². The smallest absolute Gasteiger partial charge is 0.0885 e. The second-order valence-corrected chi connectivity index (χ2v) is 3.05. The molecular formula is C9H19N3. The SMILES string of the molecule is C=C(N)NCCC[C@H](N)C(=C)C. The summed E-state index contributed by atoms with van der Waals surface area (Å²) in [5, 5.41) is 2.94. The Morgan fingerprint density at radius 1 is 1.50 bits per heavy atom. The van der Waals surface area contributed by atoms with Crippen molar-refractivity contribution in [3.05, 3.63) is 24.6 Å². The van der Waals surface area contributed by atoms with Crippen LogP contribution < -0.4 is 16.8 Å². The molecule has 0 aromatic heterocycles. The van der Waals surface area contributed by atoms with Gasteiger partial charge in [-0.2, -0.15) is 0 Å². The summed E-state index contributed by atoms with van der Waals surface area (Å²) in [5.74, 6) is 0.513. The van der Waals surface area contributed by atoms with Gasteiger partial charge in [-0.05, 0) is 19.8 Å². The molecule has 0 saturated heterocycles. The van der Waals surface area contributed by atoms with E-state index in [4.69, 9.17) is 11.5 Å². The zero-order valence-electron chi connectivity index (χ0n) is 7.77. The van der Waals surface area contributed by atoms with Gasteiger partial charge in [-0.3, -0.25) is 0 Å². The first-order chi connectivity index (χ1) is 5.54. The minimum Gasteiger partial charge on any atom is -0.386 e. The third-order valence-corrected chi connectivity index (χ3v) is 1.68. The molecular weight excluding hydrogens is 150 g/mol. The third kappa shape index (κ3) is 5.80. The summed E-state index contributed by atoms with van der Waals surface area (Å²) >= 11 is 0. The number of hydrogen-bond acceptors (Lipinski definition) is 3. The second-order valence-electron chi connectivity index (χ2n) is 3.05. The van der Waals surface area contributed by atoms with Crippen LogP contribution >= 0.6 is 0 Å². The van der Waals surface area contributed by atoms with Crippen LogP contribution in [0.1, 0.15) is 19.8 Å². The zero-order valence-corrected chi connectivity index (χ0v) is 7.77. The monoisotopic (exact) mass is 169 g/mol. The topological polar surface area (TPSA) is 64.1 Å². The minimum atomic E-state index is 0.109. The van der Waals surface area contributed by atoms with Crippen molar-refractivity contribution >= 4 is 0 Å². The van der Waals surface area contributed by atoms with E-state index in [0.29, 0.717) is 5.82 Å². The highest BCUT2D eigenvalue weighted by Crippen LogP contribution is 2.01. The van der Waals surface area contributed by atoms with E-state index in [1.807, 2.05) is 6.92 Å². The molecule has 5 N–H and O–H groups in total. The molecule has 3 nitrogen and oxygen atoms in total. The van der Waals surface area contributed by atoms with Gasteiger partial charge in [0.05, 0.1) is 5.82 Å². The van der Waals surface area contributed by atoms with Gasteiger partial charge in [-0.1, -0.05) is 18.7 Å². The van der Waals surface area contributed by atoms with Crippen molar-refractivity contribution in [2.45, 2.75) is 25.8 Å². The Morgan fingerprint density at radius 2 is 2.08 bits per heavy atom. The van der Waals surface area contributed by atoms with Crippen molar-refractivity contribution in [3.8, 4) is 0 Å². The lowest BCUT2D eigenvalue weighted by Gasteiger charge is -2.11. The molecule has 0 aliphatic heterocycles. The van der Waals surface area contributed by atoms with Gasteiger partial charge >= 0.3 is 0 Å². The van der Waals surface area contributed by atoms with Crippen LogP contribution in [0.2, 0.25) is 0 Å². The molecule has 0 aromatic rings. The summed E-state index contributed by atoms with van der Waals surface area (Å²) in [7, 11) is 0. The average molecular weight is 169 g/mol. The molecule has 0 aliphatic rings. The van der Waals surface area contributed by atoms with Gasteiger partial charge < -0.3 is 16.8 Å². The number of nitrogens with two attached hydrogens (primary N) is 2. The highest BCUT2D eigenvalue weighted by Gasteiger charge is 2.01. The highest BCUT2D eigenvalue weighted by atomic mass is 15.0. The predicted molar refractivity (Wildman–Crippen MR) is 53.4 cm³/mol. The van der Waals surface area contributed by atoms with Crippen LogP contribution in [-0.4, -0.2) is 12.6 Å². The molecule has 0 spiro atoms. The van der Waals surface area contributed by atoms with E-state index in [0.717, 1.165) is 25.0 Å². The Labute approximate surface area is 74.5 Å². The molecule has 0 aliphatic carbocycles. The second kappa shape index (κ2) is 5.66. The number of nitrogens with one attached hydrogen (secondary N) is 1. The Morgan fingerprint density at radius 3 is 2.50 bits per heavy atom. The molecule has 1 atom stereocenters. The van der Waals surface area contributed by atoms with Gasteiger partial charge in [0.1, 0.15) is 0 Å². The maximum atomic E-state index is 5.75. The van der Waals surface area contributed by atoms with E-state index in [1.165, 1.54) is 0 Å². The number of rotatable bonds is 6. The normalized spacial score (nSPS) is 12.2. The van der Waals surface area contributed by atoms with Crippen molar-refractivity contribution in [2.24, 2.45) is 11.5 Å². The number of hydrogen-bond donors (Lipinski definition) is 3. The largest absolute Gasteiger partial charge is 0.386 e. The molecule has 0 amide bonds. The van der Waals surface area contributed by atoms with Crippen LogP contribution in [0.25, 0.3) is 0 Å². The van der Waals surface area contributed by atoms with Gasteiger partial charge in [-0.25, -0.2) is 0 Å². The van der Waals surface area contributed by atoms with Gasteiger partial charge in [-0.15, -0.1) is 0 Å². The lowest BCUT2D eigenvalue weighted by molar-refractivity contribution is 0.616. The average Bonchev–Trinajstić information content (AvgIpc) is 1.97. The molecule has 70 valence electrons. The maximum Gasteiger partial charge on any atom is 0.0885 e. The fourth-order valence-corrected chi connectivity index (χ4v) is 0.817. The van der Waals surface area contributed by atoms with Gasteiger partial charge in [0.15, 0.2) is 0 Å². The minimum absolute atomic E-state index is 0.109. The first-order valence-corrected chi connectivity index (χ1v) is 4.13. The standard InChI is InChI=1S/C9H19N3/c1-7(2)9(11)5-4-6-12-8(3)10/h9,12H,1,3-6,10-11H2,2H3/t9-/m0/s1. The van der Waals surface area contributed by atoms with E-state index in [9.17, 15) is 0 Å². The van der Waals surface area contributed by atoms with Gasteiger partial charge in [0.2, 0.25) is 0 Å². The molecule has 0 saturated carbocycles. The van der Waals surface area contributed by atoms with Crippen molar-refractivity contribution < 1.29 is 0 Å². The van der Waals surface area contributed by atoms with Crippen LogP contribution in [0.5, 0.6) is 0 Å². The molecule has 3 heteroatoms. The molecule has 0 rings (SSSR count). The van der Waals surface area contributed by atoms with Crippen LogP contribution in [-0.2, 0) is 0 Å². The van der Waals surface area contributed by atoms with Crippen LogP contribution in [0, 0.1) is 0 Å². The van der Waals surface area contributed by atoms with Crippen LogP contribution in [0.15, 0.2) is 24.6 Å². The van der Waals surface area contributed by atoms with Crippen LogP contribution in [0.4, 0.5) is 0 Å². The highest BCUT2D eigenvalue weighted by molar-refractivity contribution is 4.99. The Balaban J connectivity index is 3.31. The van der Waals surface area contributed by atoms with E-state index < -0.39 is 0 Å². The molecule has 0 bridgehead atoms. The van der Waals surface area contributed by atoms with E-state index in [-0.39, 0.29) is 6.04 Å². The van der Waals surface area contributed by atoms with E-state index in [1.54, 1.807) is 0 Å². The summed E-state index contributed by atoms with van der Waals surface area (Å²) in [4.78, 5) is 0. The van der Waals surface area contributed by atoms with Gasteiger partial charge in [0, 0.05) is 12.6 Å². The molecule has 12 heavy (non-hydrogen) atoms. The summed E-state index contributed by atoms with van der Waals surface area (Å²) < 4.78 is 0. The third-order valence-electron chi connectivity index (χ3n) is 1.68. The molecule has 0 radical (unpaired) electrons. The predicted octanol–water partition coefficient (Wildman–Crippen LogP) is 0.689. The molecule has 0 aromatic carbocycles. The van der Waals surface area contributed by atoms with E-state index in [2.05, 4.69) is 18.5 Å². The Hall–Kier alpha value is -0.960. The van der Waals surface area contributed by atoms with Crippen LogP contribution in [0.3, 0.4) is 0 Å². The zero-order chi connectivity index (χ0) is 9.56. The van der Waals surface area contributed by atoms with Crippen molar-refractivity contribution in [1.82, 2.24) is 5.32 Å². The first-order valence-electron chi connectivity index (χ1n) is 4.13. The summed E-state index contributed by atoms with van der Waals surface area (Å²) in [6, 6.07) is 0.109. The lowest BCUT2D eigenvalue weighted by Crippen LogP contribution is -2.24. The summed E-state index contributed by atoms with van der Waals surface area (Å²) in [5.41, 5.74) is 12.1. The molecule has 0 heterocycles. The van der Waals surface area contributed by atoms with E-state index >= 15 is 0 Å². The fourth-order valence-electron chi connectivity index (χ4n) is 0.817. The Bertz CT molecular complexity index is 163. The maximum absolute atomic E-state index is 5.75. The Kier molecular flexibility index (Phi) is 5.21. The van der Waals surface area contributed by atoms with Gasteiger partial charge in [0.25, 0.3) is 0 Å². The van der Waals surface area contributed by atoms with Crippen molar-refractivity contribution in [2.75, 3.05) is 6.54 Å². The lowest BCUT2D eigenvalue weighted by atomic mass is 10.1. The van der Waals surface area contributed by atoms with Crippen molar-refractivity contribution in [1.29, 1.82) is 0 Å².